The summed E-state index contributed by atoms with van der Waals surface area (Å²) >= 11 is 1.58. The average molecular weight is 466 g/mol. The summed E-state index contributed by atoms with van der Waals surface area (Å²) in [6, 6.07) is 8.42. The molecular weight excluding hydrogens is 438 g/mol. The van der Waals surface area contributed by atoms with Gasteiger partial charge in [-0.3, -0.25) is 9.59 Å². The molecule has 3 aromatic rings. The number of hydrogen-bond acceptors (Lipinski definition) is 6. The summed E-state index contributed by atoms with van der Waals surface area (Å²) in [6.07, 6.45) is 4.27. The smallest absolute Gasteiger partial charge is 0.257 e. The van der Waals surface area contributed by atoms with E-state index in [9.17, 15) is 9.59 Å². The third kappa shape index (κ3) is 4.17. The number of aromatic nitrogens is 3. The molecule has 33 heavy (non-hydrogen) atoms. The van der Waals surface area contributed by atoms with E-state index in [2.05, 4.69) is 9.88 Å². The van der Waals surface area contributed by atoms with Gasteiger partial charge in [0.15, 0.2) is 5.65 Å². The quantitative estimate of drug-likeness (QED) is 0.633. The number of fused-ring (bicyclic) bond motifs is 3. The van der Waals surface area contributed by atoms with Gasteiger partial charge >= 0.3 is 0 Å². The van der Waals surface area contributed by atoms with Gasteiger partial charge in [-0.15, -0.1) is 11.8 Å². The van der Waals surface area contributed by atoms with Crippen molar-refractivity contribution in [3.8, 4) is 5.75 Å². The van der Waals surface area contributed by atoms with E-state index in [1.54, 1.807) is 54.1 Å². The molecule has 1 aromatic carbocycles. The predicted octanol–water partition coefficient (Wildman–Crippen LogP) is 3.63. The Bertz CT molecular complexity index is 1210. The van der Waals surface area contributed by atoms with Gasteiger partial charge in [-0.2, -0.15) is 0 Å². The topological polar surface area (TPSA) is 89.3 Å². The Hall–Kier alpha value is -3.07. The molecule has 0 saturated carbocycles. The number of rotatable bonds is 4. The van der Waals surface area contributed by atoms with Crippen molar-refractivity contribution in [2.75, 3.05) is 24.1 Å². The van der Waals surface area contributed by atoms with E-state index in [1.165, 1.54) is 6.42 Å². The highest BCUT2D eigenvalue weighted by Gasteiger charge is 2.36. The molecule has 9 heteroatoms. The number of carbonyl (C=O) groups excluding carboxylic acids is 2. The van der Waals surface area contributed by atoms with Crippen molar-refractivity contribution >= 4 is 40.4 Å². The van der Waals surface area contributed by atoms with Crippen LogP contribution in [-0.2, 0) is 17.8 Å². The maximum absolute atomic E-state index is 13.7. The summed E-state index contributed by atoms with van der Waals surface area (Å²) in [5.41, 5.74) is 3.41. The fourth-order valence-corrected chi connectivity index (χ4v) is 5.65. The van der Waals surface area contributed by atoms with Crippen LogP contribution in [-0.4, -0.2) is 56.0 Å². The monoisotopic (exact) mass is 465 g/mol. The molecule has 0 aliphatic carbocycles. The molecule has 8 nitrogen and oxygen atoms in total. The number of aryl methyl sites for hydroxylation is 3. The fourth-order valence-electron chi connectivity index (χ4n) is 4.49. The van der Waals surface area contributed by atoms with E-state index in [0.717, 1.165) is 48.7 Å². The van der Waals surface area contributed by atoms with E-state index < -0.39 is 6.04 Å². The Morgan fingerprint density at radius 2 is 1.97 bits per heavy atom. The number of pyridine rings is 1. The molecule has 5 rings (SSSR count). The molecule has 2 amide bonds. The number of ether oxygens (including phenoxy) is 1. The van der Waals surface area contributed by atoms with Crippen molar-refractivity contribution in [1.82, 2.24) is 19.4 Å². The largest absolute Gasteiger partial charge is 0.497 e. The number of methoxy groups -OCH3 is 1. The fraction of sp³-hybridized carbons (Fsp3) is 0.417. The second-order valence-corrected chi connectivity index (χ2v) is 9.48. The number of nitrogens with zero attached hydrogens (tertiary/aromatic N) is 4. The normalized spacial score (nSPS) is 18.1. The Labute approximate surface area is 196 Å². The second kappa shape index (κ2) is 9.05. The standard InChI is InChI=1S/C24H27N5O3S/c1-15-12-18(21-22(25-15)28-11-5-3-4-6-20(28)27-21)24(31)29-14-33-13-19(29)23(30)26-16-7-9-17(32-2)10-8-16/h7-10,12,19H,3-6,11,13-14H2,1-2H3,(H,26,30). The zero-order valence-corrected chi connectivity index (χ0v) is 19.7. The molecule has 4 heterocycles. The minimum absolute atomic E-state index is 0.168. The zero-order chi connectivity index (χ0) is 22.9. The first-order valence-electron chi connectivity index (χ1n) is 11.3. The molecule has 0 spiro atoms. The van der Waals surface area contributed by atoms with Gasteiger partial charge in [-0.25, -0.2) is 9.97 Å². The van der Waals surface area contributed by atoms with Gasteiger partial charge in [0.2, 0.25) is 5.91 Å². The lowest BCUT2D eigenvalue weighted by Gasteiger charge is -2.23. The van der Waals surface area contributed by atoms with Gasteiger partial charge in [0, 0.05) is 30.1 Å². The maximum atomic E-state index is 13.7. The molecule has 1 fully saturated rings. The van der Waals surface area contributed by atoms with Crippen LogP contribution in [0.2, 0.25) is 0 Å². The predicted molar refractivity (Wildman–Crippen MR) is 129 cm³/mol. The van der Waals surface area contributed by atoms with Crippen LogP contribution in [0.15, 0.2) is 30.3 Å². The van der Waals surface area contributed by atoms with Crippen LogP contribution >= 0.6 is 11.8 Å². The molecule has 1 atom stereocenters. The van der Waals surface area contributed by atoms with Crippen molar-refractivity contribution in [1.29, 1.82) is 0 Å². The van der Waals surface area contributed by atoms with Crippen molar-refractivity contribution in [3.05, 3.63) is 47.4 Å². The van der Waals surface area contributed by atoms with E-state index in [4.69, 9.17) is 14.7 Å². The number of hydrogen-bond donors (Lipinski definition) is 1. The van der Waals surface area contributed by atoms with Crippen LogP contribution in [0.25, 0.3) is 11.2 Å². The molecule has 1 unspecified atom stereocenters. The number of anilines is 1. The van der Waals surface area contributed by atoms with Crippen LogP contribution in [0, 0.1) is 6.92 Å². The molecule has 0 radical (unpaired) electrons. The Morgan fingerprint density at radius 3 is 2.76 bits per heavy atom. The molecular formula is C24H27N5O3S. The minimum Gasteiger partial charge on any atom is -0.497 e. The molecule has 1 saturated heterocycles. The van der Waals surface area contributed by atoms with Crippen LogP contribution in [0.4, 0.5) is 5.69 Å². The maximum Gasteiger partial charge on any atom is 0.257 e. The first-order valence-corrected chi connectivity index (χ1v) is 12.4. The van der Waals surface area contributed by atoms with Crippen LogP contribution in [0.5, 0.6) is 5.75 Å². The summed E-state index contributed by atoms with van der Waals surface area (Å²) in [7, 11) is 1.60. The van der Waals surface area contributed by atoms with Crippen molar-refractivity contribution in [2.45, 2.75) is 45.2 Å². The van der Waals surface area contributed by atoms with Gasteiger partial charge in [0.25, 0.3) is 5.91 Å². The van der Waals surface area contributed by atoms with Crippen LogP contribution in [0.3, 0.4) is 0 Å². The van der Waals surface area contributed by atoms with Crippen molar-refractivity contribution in [3.63, 3.8) is 0 Å². The van der Waals surface area contributed by atoms with E-state index in [1.807, 2.05) is 6.92 Å². The van der Waals surface area contributed by atoms with E-state index >= 15 is 0 Å². The van der Waals surface area contributed by atoms with Crippen LogP contribution in [0.1, 0.15) is 41.1 Å². The SMILES string of the molecule is COc1ccc(NC(=O)C2CSCN2C(=O)c2cc(C)nc3c2nc2n3CCCCC2)cc1. The highest BCUT2D eigenvalue weighted by atomic mass is 32.2. The van der Waals surface area contributed by atoms with E-state index in [0.29, 0.717) is 28.4 Å². The number of benzene rings is 1. The first-order chi connectivity index (χ1) is 16.0. The lowest BCUT2D eigenvalue weighted by molar-refractivity contribution is -0.119. The van der Waals surface area contributed by atoms with Crippen molar-refractivity contribution in [2.24, 2.45) is 0 Å². The van der Waals surface area contributed by atoms with Gasteiger partial charge in [0.05, 0.1) is 18.6 Å². The van der Waals surface area contributed by atoms with Gasteiger partial charge in [-0.05, 0) is 50.1 Å². The van der Waals surface area contributed by atoms with Gasteiger partial charge < -0.3 is 19.5 Å². The summed E-state index contributed by atoms with van der Waals surface area (Å²) in [4.78, 5) is 38.0. The molecule has 172 valence electrons. The molecule has 2 aromatic heterocycles. The summed E-state index contributed by atoms with van der Waals surface area (Å²) < 4.78 is 7.34. The summed E-state index contributed by atoms with van der Waals surface area (Å²) in [6.45, 7) is 2.78. The number of nitrogens with one attached hydrogen (secondary N) is 1. The molecule has 1 N–H and O–H groups in total. The first kappa shape index (κ1) is 21.8. The van der Waals surface area contributed by atoms with Crippen LogP contribution < -0.4 is 10.1 Å². The lowest BCUT2D eigenvalue weighted by atomic mass is 10.1. The highest BCUT2D eigenvalue weighted by Crippen LogP contribution is 2.29. The van der Waals surface area contributed by atoms with Gasteiger partial charge in [0.1, 0.15) is 23.1 Å². The number of thioether (sulfide) groups is 1. The van der Waals surface area contributed by atoms with Crippen molar-refractivity contribution < 1.29 is 14.3 Å². The average Bonchev–Trinajstić information content (AvgIpc) is 3.37. The molecule has 2 aliphatic heterocycles. The summed E-state index contributed by atoms with van der Waals surface area (Å²) in [5.74, 6) is 2.38. The third-order valence-corrected chi connectivity index (χ3v) is 7.24. The third-order valence-electron chi connectivity index (χ3n) is 6.23. The lowest BCUT2D eigenvalue weighted by Crippen LogP contribution is -2.44. The Morgan fingerprint density at radius 1 is 1.15 bits per heavy atom. The van der Waals surface area contributed by atoms with E-state index in [-0.39, 0.29) is 11.8 Å². The Balaban J connectivity index is 1.42. The Kier molecular flexibility index (Phi) is 5.97. The highest BCUT2D eigenvalue weighted by molar-refractivity contribution is 7.99. The number of amides is 2. The number of carbonyl (C=O) groups is 2. The second-order valence-electron chi connectivity index (χ2n) is 8.48. The zero-order valence-electron chi connectivity index (χ0n) is 18.8. The number of imidazole rings is 1. The van der Waals surface area contributed by atoms with Gasteiger partial charge in [-0.1, -0.05) is 6.42 Å². The molecule has 2 aliphatic rings. The molecule has 0 bridgehead atoms. The summed E-state index contributed by atoms with van der Waals surface area (Å²) in [5, 5.41) is 2.93. The minimum atomic E-state index is -0.548.